The monoisotopic (exact) mass is 292 g/mol. The van der Waals surface area contributed by atoms with E-state index in [0.29, 0.717) is 12.5 Å². The molecule has 1 aromatic heterocycles. The fraction of sp³-hybridized carbons (Fsp3) is 0.688. The van der Waals surface area contributed by atoms with Crippen LogP contribution in [0.15, 0.2) is 6.07 Å². The highest BCUT2D eigenvalue weighted by Crippen LogP contribution is 2.21. The molecule has 0 bridgehead atoms. The van der Waals surface area contributed by atoms with Crippen molar-refractivity contribution in [1.29, 1.82) is 0 Å². The molecule has 0 aliphatic heterocycles. The van der Waals surface area contributed by atoms with Crippen LogP contribution in [0.4, 0.5) is 5.82 Å². The van der Waals surface area contributed by atoms with Crippen LogP contribution in [-0.2, 0) is 4.79 Å². The summed E-state index contributed by atoms with van der Waals surface area (Å²) in [5.41, 5.74) is 1.01. The highest BCUT2D eigenvalue weighted by Gasteiger charge is 2.15. The predicted octanol–water partition coefficient (Wildman–Crippen LogP) is 2.68. The van der Waals surface area contributed by atoms with E-state index < -0.39 is 0 Å². The Morgan fingerprint density at radius 3 is 2.24 bits per heavy atom. The summed E-state index contributed by atoms with van der Waals surface area (Å²) in [4.78, 5) is 22.9. The van der Waals surface area contributed by atoms with Gasteiger partial charge in [0.05, 0.1) is 6.54 Å². The van der Waals surface area contributed by atoms with E-state index in [9.17, 15) is 4.79 Å². The number of amides is 1. The van der Waals surface area contributed by atoms with E-state index in [1.165, 1.54) is 0 Å². The fourth-order valence-electron chi connectivity index (χ4n) is 1.88. The minimum absolute atomic E-state index is 0.00306. The Hall–Kier alpha value is -1.65. The van der Waals surface area contributed by atoms with Gasteiger partial charge in [0, 0.05) is 30.8 Å². The molecule has 0 unspecified atom stereocenters. The van der Waals surface area contributed by atoms with Crippen molar-refractivity contribution >= 4 is 11.7 Å². The molecule has 5 heteroatoms. The van der Waals surface area contributed by atoms with Gasteiger partial charge >= 0.3 is 0 Å². The van der Waals surface area contributed by atoms with Crippen molar-refractivity contribution in [2.45, 2.75) is 59.4 Å². The van der Waals surface area contributed by atoms with Gasteiger partial charge in [-0.25, -0.2) is 9.97 Å². The van der Waals surface area contributed by atoms with Gasteiger partial charge in [0.25, 0.3) is 0 Å². The third kappa shape index (κ3) is 5.33. The van der Waals surface area contributed by atoms with Crippen LogP contribution < -0.4 is 10.2 Å². The molecule has 0 atom stereocenters. The SMILES string of the molecule is CC(C)NC(=O)CN(C)c1cc(C(C)C)nc(C(C)C)n1. The van der Waals surface area contributed by atoms with Crippen LogP contribution in [0.3, 0.4) is 0 Å². The highest BCUT2D eigenvalue weighted by molar-refractivity contribution is 5.81. The lowest BCUT2D eigenvalue weighted by molar-refractivity contribution is -0.120. The average molecular weight is 292 g/mol. The minimum Gasteiger partial charge on any atom is -0.352 e. The maximum atomic E-state index is 11.9. The molecule has 21 heavy (non-hydrogen) atoms. The van der Waals surface area contributed by atoms with Crippen molar-refractivity contribution in [3.05, 3.63) is 17.6 Å². The van der Waals surface area contributed by atoms with Crippen molar-refractivity contribution in [3.63, 3.8) is 0 Å². The lowest BCUT2D eigenvalue weighted by Gasteiger charge is -2.21. The molecule has 1 heterocycles. The van der Waals surface area contributed by atoms with E-state index in [0.717, 1.165) is 17.3 Å². The normalized spacial score (nSPS) is 11.3. The van der Waals surface area contributed by atoms with Crippen LogP contribution in [0.1, 0.15) is 64.9 Å². The molecule has 1 amide bonds. The molecule has 0 aliphatic rings. The molecule has 0 saturated heterocycles. The van der Waals surface area contributed by atoms with Crippen LogP contribution in [0, 0.1) is 0 Å². The molecule has 0 radical (unpaired) electrons. The minimum atomic E-state index is 0.00306. The average Bonchev–Trinajstić information content (AvgIpc) is 2.36. The van der Waals surface area contributed by atoms with E-state index in [-0.39, 0.29) is 17.9 Å². The van der Waals surface area contributed by atoms with Crippen LogP contribution in [0.5, 0.6) is 0 Å². The predicted molar refractivity (Wildman–Crippen MR) is 86.8 cm³/mol. The number of carbonyl (C=O) groups is 1. The molecular formula is C16H28N4O. The van der Waals surface area contributed by atoms with Gasteiger partial charge in [-0.05, 0) is 19.8 Å². The third-order valence-corrected chi connectivity index (χ3v) is 3.08. The van der Waals surface area contributed by atoms with Gasteiger partial charge in [-0.1, -0.05) is 27.7 Å². The van der Waals surface area contributed by atoms with E-state index >= 15 is 0 Å². The number of hydrogen-bond acceptors (Lipinski definition) is 4. The smallest absolute Gasteiger partial charge is 0.239 e. The molecule has 0 fully saturated rings. The highest BCUT2D eigenvalue weighted by atomic mass is 16.2. The van der Waals surface area contributed by atoms with E-state index in [4.69, 9.17) is 0 Å². The van der Waals surface area contributed by atoms with E-state index in [1.54, 1.807) is 0 Å². The van der Waals surface area contributed by atoms with Gasteiger partial charge < -0.3 is 10.2 Å². The van der Waals surface area contributed by atoms with Crippen molar-refractivity contribution < 1.29 is 4.79 Å². The first-order valence-electron chi connectivity index (χ1n) is 7.60. The zero-order chi connectivity index (χ0) is 16.2. The molecule has 0 aliphatic carbocycles. The number of anilines is 1. The number of hydrogen-bond donors (Lipinski definition) is 1. The maximum absolute atomic E-state index is 11.9. The van der Waals surface area contributed by atoms with E-state index in [1.807, 2.05) is 31.9 Å². The summed E-state index contributed by atoms with van der Waals surface area (Å²) in [6.07, 6.45) is 0. The number of rotatable bonds is 6. The van der Waals surface area contributed by atoms with Crippen molar-refractivity contribution in [2.24, 2.45) is 0 Å². The molecule has 0 spiro atoms. The molecule has 0 aromatic carbocycles. The van der Waals surface area contributed by atoms with Crippen LogP contribution in [0.25, 0.3) is 0 Å². The van der Waals surface area contributed by atoms with Gasteiger partial charge in [-0.3, -0.25) is 4.79 Å². The molecule has 5 nitrogen and oxygen atoms in total. The van der Waals surface area contributed by atoms with Gasteiger partial charge in [-0.2, -0.15) is 0 Å². The topological polar surface area (TPSA) is 58.1 Å². The molecule has 1 aromatic rings. The number of nitrogens with one attached hydrogen (secondary N) is 1. The first-order chi connectivity index (χ1) is 9.70. The van der Waals surface area contributed by atoms with Crippen molar-refractivity contribution in [2.75, 3.05) is 18.5 Å². The summed E-state index contributed by atoms with van der Waals surface area (Å²) in [5, 5.41) is 2.89. The molecule has 0 saturated carbocycles. The number of likely N-dealkylation sites (N-methyl/N-ethyl adjacent to an activating group) is 1. The maximum Gasteiger partial charge on any atom is 0.239 e. The first kappa shape index (κ1) is 17.4. The second kappa shape index (κ2) is 7.38. The van der Waals surface area contributed by atoms with Crippen LogP contribution in [0.2, 0.25) is 0 Å². The summed E-state index contributed by atoms with van der Waals surface area (Å²) in [7, 11) is 1.89. The molecule has 1 rings (SSSR count). The van der Waals surface area contributed by atoms with Gasteiger partial charge in [0.2, 0.25) is 5.91 Å². The standard InChI is InChI=1S/C16H28N4O/c1-10(2)13-8-14(19-16(18-13)11(3)4)20(7)9-15(21)17-12(5)6/h8,10-12H,9H2,1-7H3,(H,17,21). The Morgan fingerprint density at radius 1 is 1.14 bits per heavy atom. The van der Waals surface area contributed by atoms with Crippen molar-refractivity contribution in [3.8, 4) is 0 Å². The second-order valence-electron chi connectivity index (χ2n) is 6.40. The number of nitrogens with zero attached hydrogens (tertiary/aromatic N) is 3. The largest absolute Gasteiger partial charge is 0.352 e. The molecule has 1 N–H and O–H groups in total. The first-order valence-corrected chi connectivity index (χ1v) is 7.60. The Kier molecular flexibility index (Phi) is 6.12. The zero-order valence-corrected chi connectivity index (χ0v) is 14.3. The quantitative estimate of drug-likeness (QED) is 0.876. The van der Waals surface area contributed by atoms with Crippen LogP contribution in [-0.4, -0.2) is 35.5 Å². The summed E-state index contributed by atoms with van der Waals surface area (Å²) in [6, 6.07) is 2.12. The number of carbonyl (C=O) groups excluding carboxylic acids is 1. The van der Waals surface area contributed by atoms with Gasteiger partial charge in [0.1, 0.15) is 11.6 Å². The molecular weight excluding hydrogens is 264 g/mol. The van der Waals surface area contributed by atoms with Crippen LogP contribution >= 0.6 is 0 Å². The summed E-state index contributed by atoms with van der Waals surface area (Å²) >= 11 is 0. The second-order valence-corrected chi connectivity index (χ2v) is 6.40. The summed E-state index contributed by atoms with van der Waals surface area (Å²) in [6.45, 7) is 12.6. The Labute approximate surface area is 128 Å². The fourth-order valence-corrected chi connectivity index (χ4v) is 1.88. The lowest BCUT2D eigenvalue weighted by Crippen LogP contribution is -2.39. The summed E-state index contributed by atoms with van der Waals surface area (Å²) in [5.74, 6) is 2.23. The summed E-state index contributed by atoms with van der Waals surface area (Å²) < 4.78 is 0. The van der Waals surface area contributed by atoms with Crippen molar-refractivity contribution in [1.82, 2.24) is 15.3 Å². The number of aromatic nitrogens is 2. The molecule has 118 valence electrons. The Balaban J connectivity index is 2.97. The Morgan fingerprint density at radius 2 is 1.76 bits per heavy atom. The zero-order valence-electron chi connectivity index (χ0n) is 14.3. The lowest BCUT2D eigenvalue weighted by atomic mass is 10.1. The third-order valence-electron chi connectivity index (χ3n) is 3.08. The van der Waals surface area contributed by atoms with Gasteiger partial charge in [0.15, 0.2) is 0 Å². The van der Waals surface area contributed by atoms with Gasteiger partial charge in [-0.15, -0.1) is 0 Å². The Bertz CT molecular complexity index is 457. The van der Waals surface area contributed by atoms with E-state index in [2.05, 4.69) is 43.0 Å².